The molecule has 0 unspecified atom stereocenters. The van der Waals surface area contributed by atoms with Crippen LogP contribution in [0.15, 0.2) is 18.2 Å². The Bertz CT molecular complexity index is 456. The van der Waals surface area contributed by atoms with Crippen molar-refractivity contribution in [3.05, 3.63) is 28.8 Å². The first-order valence-electron chi connectivity index (χ1n) is 6.66. The summed E-state index contributed by atoms with van der Waals surface area (Å²) in [7, 11) is 0. The third-order valence-corrected chi connectivity index (χ3v) is 3.99. The smallest absolute Gasteiger partial charge is 0.250 e. The lowest BCUT2D eigenvalue weighted by atomic mass is 9.93. The highest BCUT2D eigenvalue weighted by atomic mass is 35.5. The van der Waals surface area contributed by atoms with Crippen LogP contribution in [0, 0.1) is 5.92 Å². The number of rotatable bonds is 4. The Balaban J connectivity index is 2.14. The molecule has 0 aromatic heterocycles. The zero-order valence-electron chi connectivity index (χ0n) is 10.9. The first-order valence-corrected chi connectivity index (χ1v) is 7.04. The summed E-state index contributed by atoms with van der Waals surface area (Å²) in [6.45, 7) is 2.59. The number of nitrogens with zero attached hydrogens (tertiary/aromatic N) is 1. The summed E-state index contributed by atoms with van der Waals surface area (Å²) >= 11 is 6.02. The van der Waals surface area contributed by atoms with E-state index in [2.05, 4.69) is 4.90 Å². The molecule has 1 amide bonds. The van der Waals surface area contributed by atoms with Crippen molar-refractivity contribution in [2.24, 2.45) is 17.4 Å². The van der Waals surface area contributed by atoms with Gasteiger partial charge in [0.2, 0.25) is 0 Å². The lowest BCUT2D eigenvalue weighted by Crippen LogP contribution is -2.35. The number of nitrogens with two attached hydrogens (primary N) is 2. The zero-order chi connectivity index (χ0) is 13.8. The summed E-state index contributed by atoms with van der Waals surface area (Å²) < 4.78 is 0. The lowest BCUT2D eigenvalue weighted by molar-refractivity contribution is 0.100. The van der Waals surface area contributed by atoms with Gasteiger partial charge in [0.25, 0.3) is 5.91 Å². The Kier molecular flexibility index (Phi) is 4.66. The Morgan fingerprint density at radius 2 is 2.05 bits per heavy atom. The van der Waals surface area contributed by atoms with Crippen LogP contribution in [0.25, 0.3) is 0 Å². The lowest BCUT2D eigenvalue weighted by Gasteiger charge is -2.34. The van der Waals surface area contributed by atoms with E-state index in [1.54, 1.807) is 12.1 Å². The number of amides is 1. The maximum atomic E-state index is 11.5. The van der Waals surface area contributed by atoms with Gasteiger partial charge in [-0.05, 0) is 49.9 Å². The van der Waals surface area contributed by atoms with Gasteiger partial charge < -0.3 is 16.4 Å². The van der Waals surface area contributed by atoms with Crippen LogP contribution in [-0.4, -0.2) is 25.5 Å². The molecule has 0 atom stereocenters. The molecule has 1 aliphatic rings. The van der Waals surface area contributed by atoms with E-state index < -0.39 is 5.91 Å². The number of hydrogen-bond donors (Lipinski definition) is 2. The second kappa shape index (κ2) is 6.26. The summed E-state index contributed by atoms with van der Waals surface area (Å²) in [6, 6.07) is 5.23. The molecule has 1 heterocycles. The molecule has 2 rings (SSSR count). The normalized spacial score (nSPS) is 16.6. The van der Waals surface area contributed by atoms with Gasteiger partial charge >= 0.3 is 0 Å². The molecule has 1 fully saturated rings. The van der Waals surface area contributed by atoms with Crippen LogP contribution in [0.1, 0.15) is 29.6 Å². The second-order valence-electron chi connectivity index (χ2n) is 5.03. The van der Waals surface area contributed by atoms with Crippen LogP contribution in [-0.2, 0) is 0 Å². The Morgan fingerprint density at radius 1 is 1.37 bits per heavy atom. The molecule has 19 heavy (non-hydrogen) atoms. The van der Waals surface area contributed by atoms with Crippen molar-refractivity contribution in [3.63, 3.8) is 0 Å². The van der Waals surface area contributed by atoms with Crippen molar-refractivity contribution in [2.45, 2.75) is 19.3 Å². The maximum Gasteiger partial charge on any atom is 0.250 e. The van der Waals surface area contributed by atoms with Crippen molar-refractivity contribution in [2.75, 3.05) is 24.5 Å². The first kappa shape index (κ1) is 14.2. The summed E-state index contributed by atoms with van der Waals surface area (Å²) in [4.78, 5) is 13.7. The highest BCUT2D eigenvalue weighted by Crippen LogP contribution is 2.29. The molecule has 1 aromatic carbocycles. The molecule has 104 valence electrons. The van der Waals surface area contributed by atoms with E-state index in [1.807, 2.05) is 6.07 Å². The van der Waals surface area contributed by atoms with Gasteiger partial charge in [-0.3, -0.25) is 4.79 Å². The van der Waals surface area contributed by atoms with Crippen molar-refractivity contribution in [1.29, 1.82) is 0 Å². The number of carbonyl (C=O) groups excluding carboxylic acids is 1. The molecule has 4 N–H and O–H groups in total. The molecule has 0 radical (unpaired) electrons. The molecule has 1 saturated heterocycles. The van der Waals surface area contributed by atoms with E-state index in [0.717, 1.165) is 44.6 Å². The van der Waals surface area contributed by atoms with Gasteiger partial charge in [0, 0.05) is 18.1 Å². The van der Waals surface area contributed by atoms with Crippen LogP contribution in [0.4, 0.5) is 5.69 Å². The summed E-state index contributed by atoms with van der Waals surface area (Å²) in [5, 5.41) is 0.629. The summed E-state index contributed by atoms with van der Waals surface area (Å²) in [5.41, 5.74) is 12.4. The van der Waals surface area contributed by atoms with E-state index in [-0.39, 0.29) is 0 Å². The third kappa shape index (κ3) is 3.39. The fourth-order valence-corrected chi connectivity index (χ4v) is 2.84. The van der Waals surface area contributed by atoms with E-state index in [4.69, 9.17) is 23.1 Å². The fraction of sp³-hybridized carbons (Fsp3) is 0.500. The number of anilines is 1. The van der Waals surface area contributed by atoms with Gasteiger partial charge in [-0.1, -0.05) is 11.6 Å². The molecule has 0 spiro atoms. The van der Waals surface area contributed by atoms with Gasteiger partial charge in [0.1, 0.15) is 0 Å². The molecule has 1 aromatic rings. The number of halogens is 1. The minimum Gasteiger partial charge on any atom is -0.371 e. The number of piperidine rings is 1. The largest absolute Gasteiger partial charge is 0.371 e. The average Bonchev–Trinajstić information content (AvgIpc) is 2.39. The standard InChI is InChI=1S/C14H20ClN3O/c15-11-1-2-12(14(17)19)13(9-11)18-7-4-10(3-6-16)5-8-18/h1-2,9-10H,3-8,16H2,(H2,17,19). The molecule has 1 aliphatic heterocycles. The van der Waals surface area contributed by atoms with Crippen molar-refractivity contribution < 1.29 is 4.79 Å². The number of benzene rings is 1. The zero-order valence-corrected chi connectivity index (χ0v) is 11.7. The second-order valence-corrected chi connectivity index (χ2v) is 5.47. The number of hydrogen-bond acceptors (Lipinski definition) is 3. The van der Waals surface area contributed by atoms with Crippen molar-refractivity contribution in [1.82, 2.24) is 0 Å². The first-order chi connectivity index (χ1) is 9.11. The van der Waals surface area contributed by atoms with Crippen molar-refractivity contribution in [3.8, 4) is 0 Å². The third-order valence-electron chi connectivity index (χ3n) is 3.76. The maximum absolute atomic E-state index is 11.5. The monoisotopic (exact) mass is 281 g/mol. The average molecular weight is 282 g/mol. The topological polar surface area (TPSA) is 72.3 Å². The molecule has 0 saturated carbocycles. The van der Waals surface area contributed by atoms with E-state index in [1.165, 1.54) is 0 Å². The van der Waals surface area contributed by atoms with E-state index in [0.29, 0.717) is 16.5 Å². The van der Waals surface area contributed by atoms with Crippen LogP contribution in [0.5, 0.6) is 0 Å². The number of primary amides is 1. The van der Waals surface area contributed by atoms with Gasteiger partial charge in [0.15, 0.2) is 0 Å². The molecule has 0 aliphatic carbocycles. The van der Waals surface area contributed by atoms with Gasteiger partial charge in [-0.15, -0.1) is 0 Å². The minimum absolute atomic E-state index is 0.407. The Labute approximate surface area is 118 Å². The molecule has 0 bridgehead atoms. The quantitative estimate of drug-likeness (QED) is 0.887. The Hall–Kier alpha value is -1.26. The van der Waals surface area contributed by atoms with E-state index >= 15 is 0 Å². The van der Waals surface area contributed by atoms with Crippen LogP contribution in [0.3, 0.4) is 0 Å². The summed E-state index contributed by atoms with van der Waals surface area (Å²) in [5.74, 6) is 0.285. The summed E-state index contributed by atoms with van der Waals surface area (Å²) in [6.07, 6.45) is 3.27. The van der Waals surface area contributed by atoms with Crippen molar-refractivity contribution >= 4 is 23.2 Å². The van der Waals surface area contributed by atoms with Gasteiger partial charge in [0.05, 0.1) is 11.3 Å². The van der Waals surface area contributed by atoms with Crippen LogP contribution in [0.2, 0.25) is 5.02 Å². The molecular formula is C14H20ClN3O. The highest BCUT2D eigenvalue weighted by Gasteiger charge is 2.22. The molecular weight excluding hydrogens is 262 g/mol. The Morgan fingerprint density at radius 3 is 2.63 bits per heavy atom. The highest BCUT2D eigenvalue weighted by molar-refractivity contribution is 6.31. The van der Waals surface area contributed by atoms with Crippen LogP contribution >= 0.6 is 11.6 Å². The van der Waals surface area contributed by atoms with Gasteiger partial charge in [-0.25, -0.2) is 0 Å². The predicted octanol–water partition coefficient (Wildman–Crippen LogP) is 2.00. The SMILES string of the molecule is NCCC1CCN(c2cc(Cl)ccc2C(N)=O)CC1. The molecule has 5 heteroatoms. The molecule has 4 nitrogen and oxygen atoms in total. The van der Waals surface area contributed by atoms with E-state index in [9.17, 15) is 4.79 Å². The number of carbonyl (C=O) groups is 1. The predicted molar refractivity (Wildman–Crippen MR) is 78.6 cm³/mol. The van der Waals surface area contributed by atoms with Gasteiger partial charge in [-0.2, -0.15) is 0 Å². The fourth-order valence-electron chi connectivity index (χ4n) is 2.67. The minimum atomic E-state index is -0.407. The van der Waals surface area contributed by atoms with Crippen LogP contribution < -0.4 is 16.4 Å².